The van der Waals surface area contributed by atoms with E-state index in [1.807, 2.05) is 0 Å². The van der Waals surface area contributed by atoms with E-state index in [0.29, 0.717) is 0 Å². The Morgan fingerprint density at radius 3 is 2.43 bits per heavy atom. The molecule has 0 radical (unpaired) electrons. The van der Waals surface area contributed by atoms with Crippen LogP contribution in [0, 0.1) is 6.92 Å². The normalized spacial score (nSPS) is 11.6. The van der Waals surface area contributed by atoms with E-state index in [1.165, 1.54) is 19.1 Å². The molecule has 0 bridgehead atoms. The van der Waals surface area contributed by atoms with Crippen LogP contribution in [0.25, 0.3) is 11.1 Å². The van der Waals surface area contributed by atoms with E-state index < -0.39 is 11.7 Å². The molecule has 0 unspecified atom stereocenters. The van der Waals surface area contributed by atoms with Gasteiger partial charge in [-0.25, -0.2) is 0 Å². The molecular formula is C16H18F3NO3. The van der Waals surface area contributed by atoms with Gasteiger partial charge in [0.25, 0.3) is 0 Å². The molecule has 0 fully saturated rings. The van der Waals surface area contributed by atoms with Gasteiger partial charge in [-0.05, 0) is 31.0 Å². The van der Waals surface area contributed by atoms with E-state index in [-0.39, 0.29) is 40.9 Å². The van der Waals surface area contributed by atoms with E-state index in [9.17, 15) is 18.3 Å². The molecule has 0 aliphatic carbocycles. The summed E-state index contributed by atoms with van der Waals surface area (Å²) in [5, 5.41) is 10.3. The van der Waals surface area contributed by atoms with Gasteiger partial charge in [0.1, 0.15) is 0 Å². The highest BCUT2D eigenvalue weighted by molar-refractivity contribution is 5.83. The zero-order chi connectivity index (χ0) is 17.4. The van der Waals surface area contributed by atoms with Gasteiger partial charge < -0.3 is 19.2 Å². The molecule has 1 heterocycles. The summed E-state index contributed by atoms with van der Waals surface area (Å²) < 4.78 is 49.9. The van der Waals surface area contributed by atoms with Gasteiger partial charge in [0.15, 0.2) is 0 Å². The van der Waals surface area contributed by atoms with Crippen LogP contribution in [0.3, 0.4) is 0 Å². The third-order valence-corrected chi connectivity index (χ3v) is 3.35. The SMILES string of the molecule is CCOc1oc(N(C)C)c(-c2ccc(C)c(C(F)(F)F)c2)c1O. The maximum atomic E-state index is 13.1. The van der Waals surface area contributed by atoms with Gasteiger partial charge in [-0.15, -0.1) is 0 Å². The number of anilines is 1. The maximum absolute atomic E-state index is 13.1. The fraction of sp³-hybridized carbons (Fsp3) is 0.375. The number of halogens is 3. The standard InChI is InChI=1S/C16H18F3NO3/c1-5-22-15-13(21)12(14(23-15)20(3)4)10-7-6-9(2)11(8-10)16(17,18)19/h6-8,21H,5H2,1-4H3. The lowest BCUT2D eigenvalue weighted by atomic mass is 10.00. The Kier molecular flexibility index (Phi) is 4.49. The van der Waals surface area contributed by atoms with Gasteiger partial charge in [-0.2, -0.15) is 13.2 Å². The van der Waals surface area contributed by atoms with Crippen molar-refractivity contribution >= 4 is 5.88 Å². The number of alkyl halides is 3. The fourth-order valence-corrected chi connectivity index (χ4v) is 2.28. The molecule has 0 aliphatic rings. The lowest BCUT2D eigenvalue weighted by molar-refractivity contribution is -0.138. The molecule has 0 saturated heterocycles. The summed E-state index contributed by atoms with van der Waals surface area (Å²) >= 11 is 0. The van der Waals surface area contributed by atoms with Crippen molar-refractivity contribution < 1.29 is 27.4 Å². The van der Waals surface area contributed by atoms with Crippen LogP contribution in [0.15, 0.2) is 22.6 Å². The molecule has 1 N–H and O–H groups in total. The van der Waals surface area contributed by atoms with Crippen LogP contribution < -0.4 is 9.64 Å². The number of aryl methyl sites for hydroxylation is 1. The average molecular weight is 329 g/mol. The summed E-state index contributed by atoms with van der Waals surface area (Å²) in [6.07, 6.45) is -4.47. The van der Waals surface area contributed by atoms with E-state index in [4.69, 9.17) is 9.15 Å². The predicted octanol–water partition coefficient (Wildman–Crippen LogP) is 4.44. The second-order valence-corrected chi connectivity index (χ2v) is 5.27. The number of hydrogen-bond acceptors (Lipinski definition) is 4. The molecule has 7 heteroatoms. The molecule has 126 valence electrons. The average Bonchev–Trinajstić information content (AvgIpc) is 2.76. The Bertz CT molecular complexity index is 705. The van der Waals surface area contributed by atoms with E-state index in [0.717, 1.165) is 6.07 Å². The van der Waals surface area contributed by atoms with Crippen LogP contribution in [-0.4, -0.2) is 25.8 Å². The Hall–Kier alpha value is -2.31. The maximum Gasteiger partial charge on any atom is 0.416 e. The molecule has 2 aromatic rings. The summed E-state index contributed by atoms with van der Waals surface area (Å²) in [5.74, 6) is -0.198. The zero-order valence-electron chi connectivity index (χ0n) is 13.3. The van der Waals surface area contributed by atoms with Crippen LogP contribution in [0.1, 0.15) is 18.1 Å². The number of ether oxygens (including phenoxy) is 1. The molecule has 0 atom stereocenters. The quantitative estimate of drug-likeness (QED) is 0.900. The number of hydrogen-bond donors (Lipinski definition) is 1. The first-order valence-corrected chi connectivity index (χ1v) is 7.00. The fourth-order valence-electron chi connectivity index (χ4n) is 2.28. The van der Waals surface area contributed by atoms with Gasteiger partial charge >= 0.3 is 12.1 Å². The third-order valence-electron chi connectivity index (χ3n) is 3.35. The number of rotatable bonds is 4. The Morgan fingerprint density at radius 1 is 1.26 bits per heavy atom. The van der Waals surface area contributed by atoms with Crippen molar-refractivity contribution in [2.24, 2.45) is 0 Å². The Balaban J connectivity index is 2.66. The number of aromatic hydroxyl groups is 1. The molecular weight excluding hydrogens is 311 g/mol. The molecule has 0 aliphatic heterocycles. The van der Waals surface area contributed by atoms with Crippen molar-refractivity contribution in [2.75, 3.05) is 25.6 Å². The number of benzene rings is 1. The van der Waals surface area contributed by atoms with Crippen LogP contribution in [0.4, 0.5) is 19.1 Å². The molecule has 4 nitrogen and oxygen atoms in total. The van der Waals surface area contributed by atoms with E-state index >= 15 is 0 Å². The minimum atomic E-state index is -4.47. The predicted molar refractivity (Wildman–Crippen MR) is 81.0 cm³/mol. The highest BCUT2D eigenvalue weighted by Crippen LogP contribution is 2.48. The van der Waals surface area contributed by atoms with Crippen molar-refractivity contribution in [3.8, 4) is 22.8 Å². The van der Waals surface area contributed by atoms with E-state index in [2.05, 4.69) is 0 Å². The number of nitrogens with zero attached hydrogens (tertiary/aromatic N) is 1. The van der Waals surface area contributed by atoms with Gasteiger partial charge in [0.2, 0.25) is 11.6 Å². The largest absolute Gasteiger partial charge is 0.501 e. The van der Waals surface area contributed by atoms with Crippen LogP contribution in [-0.2, 0) is 6.18 Å². The van der Waals surface area contributed by atoms with Crippen molar-refractivity contribution in [3.63, 3.8) is 0 Å². The molecule has 1 aromatic heterocycles. The first-order chi connectivity index (χ1) is 10.7. The van der Waals surface area contributed by atoms with Gasteiger partial charge in [-0.1, -0.05) is 12.1 Å². The van der Waals surface area contributed by atoms with Crippen molar-refractivity contribution in [2.45, 2.75) is 20.0 Å². The smallest absolute Gasteiger partial charge is 0.416 e. The van der Waals surface area contributed by atoms with Crippen LogP contribution >= 0.6 is 0 Å². The third kappa shape index (κ3) is 3.23. The summed E-state index contributed by atoms with van der Waals surface area (Å²) in [7, 11) is 3.33. The van der Waals surface area contributed by atoms with Crippen molar-refractivity contribution in [1.82, 2.24) is 0 Å². The van der Waals surface area contributed by atoms with Gasteiger partial charge in [0.05, 0.1) is 17.7 Å². The highest BCUT2D eigenvalue weighted by Gasteiger charge is 2.33. The lowest BCUT2D eigenvalue weighted by Crippen LogP contribution is -2.09. The monoisotopic (exact) mass is 329 g/mol. The summed E-state index contributed by atoms with van der Waals surface area (Å²) in [4.78, 5) is 1.56. The second kappa shape index (κ2) is 6.06. The topological polar surface area (TPSA) is 45.8 Å². The first-order valence-electron chi connectivity index (χ1n) is 7.00. The Labute approximate surface area is 132 Å². The number of furan rings is 1. The van der Waals surface area contributed by atoms with E-state index in [1.54, 1.807) is 25.9 Å². The lowest BCUT2D eigenvalue weighted by Gasteiger charge is -2.14. The minimum Gasteiger partial charge on any atom is -0.501 e. The van der Waals surface area contributed by atoms with Gasteiger partial charge in [0, 0.05) is 14.1 Å². The molecule has 23 heavy (non-hydrogen) atoms. The highest BCUT2D eigenvalue weighted by atomic mass is 19.4. The van der Waals surface area contributed by atoms with Gasteiger partial charge in [-0.3, -0.25) is 0 Å². The molecule has 2 rings (SSSR count). The summed E-state index contributed by atoms with van der Waals surface area (Å²) in [6, 6.07) is 3.88. The van der Waals surface area contributed by atoms with Crippen molar-refractivity contribution in [1.29, 1.82) is 0 Å². The van der Waals surface area contributed by atoms with Crippen LogP contribution in [0.2, 0.25) is 0 Å². The molecule has 0 spiro atoms. The minimum absolute atomic E-state index is 0.111. The second-order valence-electron chi connectivity index (χ2n) is 5.27. The van der Waals surface area contributed by atoms with Crippen molar-refractivity contribution in [3.05, 3.63) is 29.3 Å². The zero-order valence-corrected chi connectivity index (χ0v) is 13.3. The molecule has 1 aromatic carbocycles. The molecule has 0 amide bonds. The van der Waals surface area contributed by atoms with Crippen LogP contribution in [0.5, 0.6) is 11.7 Å². The summed E-state index contributed by atoms with van der Waals surface area (Å²) in [6.45, 7) is 3.36. The summed E-state index contributed by atoms with van der Waals surface area (Å²) in [5.41, 5.74) is -0.262. The first kappa shape index (κ1) is 17.1. The Morgan fingerprint density at radius 2 is 1.91 bits per heavy atom. The molecule has 0 saturated carbocycles.